The molecule has 1 atom stereocenters. The Kier molecular flexibility index (Phi) is 3.72. The zero-order valence-corrected chi connectivity index (χ0v) is 9.93. The highest BCUT2D eigenvalue weighted by molar-refractivity contribution is 8.00. The maximum absolute atomic E-state index is 11.7. The summed E-state index contributed by atoms with van der Waals surface area (Å²) in [5.41, 5.74) is 6.46. The Hall–Kier alpha value is -1.16. The Bertz CT molecular complexity index is 381. The van der Waals surface area contributed by atoms with Crippen LogP contribution in [0.4, 0.5) is 5.69 Å². The topological polar surface area (TPSA) is 55.1 Å². The van der Waals surface area contributed by atoms with Crippen molar-refractivity contribution in [2.24, 2.45) is 0 Å². The first kappa shape index (κ1) is 11.3. The molecule has 1 unspecified atom stereocenters. The monoisotopic (exact) mass is 236 g/mol. The lowest BCUT2D eigenvalue weighted by Gasteiger charge is -2.12. The Balaban J connectivity index is 2.05. The van der Waals surface area contributed by atoms with Gasteiger partial charge in [-0.1, -0.05) is 12.5 Å². The number of carbonyl (C=O) groups excluding carboxylic acids is 1. The molecule has 0 bridgehead atoms. The number of nitrogens with two attached hydrogens (primary N) is 1. The van der Waals surface area contributed by atoms with Crippen LogP contribution in [0.25, 0.3) is 0 Å². The fraction of sp³-hybridized carbons (Fsp3) is 0.417. The summed E-state index contributed by atoms with van der Waals surface area (Å²) < 4.78 is 0. The number of nitrogens with one attached hydrogen (secondary N) is 1. The Labute approximate surface area is 99.8 Å². The summed E-state index contributed by atoms with van der Waals surface area (Å²) in [5.74, 6) is 0.157. The van der Waals surface area contributed by atoms with Gasteiger partial charge in [-0.05, 0) is 31.0 Å². The summed E-state index contributed by atoms with van der Waals surface area (Å²) >= 11 is 1.61. The van der Waals surface area contributed by atoms with Crippen LogP contribution >= 0.6 is 11.8 Å². The highest BCUT2D eigenvalue weighted by Crippen LogP contribution is 2.28. The van der Waals surface area contributed by atoms with Gasteiger partial charge in [0.2, 0.25) is 5.91 Å². The van der Waals surface area contributed by atoms with Crippen LogP contribution in [0, 0.1) is 0 Å². The Morgan fingerprint density at radius 3 is 3.06 bits per heavy atom. The SMILES string of the molecule is Nc1cccc(SC2CCCCNC2=O)c1. The van der Waals surface area contributed by atoms with E-state index in [4.69, 9.17) is 5.73 Å². The molecule has 4 heteroatoms. The molecule has 3 N–H and O–H groups in total. The molecule has 1 aromatic rings. The number of rotatable bonds is 2. The minimum Gasteiger partial charge on any atom is -0.399 e. The van der Waals surface area contributed by atoms with Gasteiger partial charge >= 0.3 is 0 Å². The number of thioether (sulfide) groups is 1. The molecule has 86 valence electrons. The second-order valence-corrected chi connectivity index (χ2v) is 5.24. The van der Waals surface area contributed by atoms with Crippen LogP contribution in [0.5, 0.6) is 0 Å². The van der Waals surface area contributed by atoms with Crippen molar-refractivity contribution in [2.45, 2.75) is 29.4 Å². The number of nitrogen functional groups attached to an aromatic ring is 1. The quantitative estimate of drug-likeness (QED) is 0.772. The molecular formula is C12H16N2OS. The average molecular weight is 236 g/mol. The lowest BCUT2D eigenvalue weighted by Crippen LogP contribution is -2.30. The maximum Gasteiger partial charge on any atom is 0.233 e. The zero-order chi connectivity index (χ0) is 11.4. The molecule has 3 nitrogen and oxygen atoms in total. The van der Waals surface area contributed by atoms with E-state index < -0.39 is 0 Å². The second kappa shape index (κ2) is 5.25. The summed E-state index contributed by atoms with van der Waals surface area (Å²) in [7, 11) is 0. The van der Waals surface area contributed by atoms with Crippen molar-refractivity contribution in [3.05, 3.63) is 24.3 Å². The van der Waals surface area contributed by atoms with E-state index in [1.165, 1.54) is 0 Å². The van der Waals surface area contributed by atoms with Crippen LogP contribution < -0.4 is 11.1 Å². The molecule has 1 amide bonds. The molecule has 1 heterocycles. The summed E-state index contributed by atoms with van der Waals surface area (Å²) in [6.07, 6.45) is 3.14. The number of hydrogen-bond acceptors (Lipinski definition) is 3. The molecule has 0 saturated carbocycles. The van der Waals surface area contributed by atoms with E-state index in [1.807, 2.05) is 24.3 Å². The van der Waals surface area contributed by atoms with Crippen molar-refractivity contribution in [1.29, 1.82) is 0 Å². The van der Waals surface area contributed by atoms with Gasteiger partial charge in [0, 0.05) is 17.1 Å². The van der Waals surface area contributed by atoms with Gasteiger partial charge in [-0.15, -0.1) is 11.8 Å². The van der Waals surface area contributed by atoms with Crippen molar-refractivity contribution in [3.63, 3.8) is 0 Å². The van der Waals surface area contributed by atoms with E-state index in [0.29, 0.717) is 0 Å². The Morgan fingerprint density at radius 2 is 2.25 bits per heavy atom. The molecule has 16 heavy (non-hydrogen) atoms. The van der Waals surface area contributed by atoms with E-state index in [2.05, 4.69) is 5.32 Å². The van der Waals surface area contributed by atoms with Crippen molar-refractivity contribution in [1.82, 2.24) is 5.32 Å². The molecular weight excluding hydrogens is 220 g/mol. The highest BCUT2D eigenvalue weighted by Gasteiger charge is 2.21. The molecule has 1 aliphatic heterocycles. The van der Waals surface area contributed by atoms with Crippen LogP contribution in [-0.2, 0) is 4.79 Å². The Morgan fingerprint density at radius 1 is 1.38 bits per heavy atom. The number of anilines is 1. The zero-order valence-electron chi connectivity index (χ0n) is 9.11. The van der Waals surface area contributed by atoms with Crippen molar-refractivity contribution >= 4 is 23.4 Å². The smallest absolute Gasteiger partial charge is 0.233 e. The van der Waals surface area contributed by atoms with E-state index >= 15 is 0 Å². The van der Waals surface area contributed by atoms with Gasteiger partial charge in [-0.3, -0.25) is 4.79 Å². The fourth-order valence-corrected chi connectivity index (χ4v) is 2.94. The first-order valence-corrected chi connectivity index (χ1v) is 6.43. The van der Waals surface area contributed by atoms with Crippen molar-refractivity contribution < 1.29 is 4.79 Å². The van der Waals surface area contributed by atoms with Crippen LogP contribution in [0.3, 0.4) is 0 Å². The largest absolute Gasteiger partial charge is 0.399 e. The third-order valence-corrected chi connectivity index (χ3v) is 3.88. The van der Waals surface area contributed by atoms with E-state index in [9.17, 15) is 4.79 Å². The molecule has 0 spiro atoms. The maximum atomic E-state index is 11.7. The molecule has 2 rings (SSSR count). The number of benzene rings is 1. The molecule has 0 aromatic heterocycles. The standard InChI is InChI=1S/C12H16N2OS/c13-9-4-3-5-10(8-9)16-11-6-1-2-7-14-12(11)15/h3-5,8,11H,1-2,6-7,13H2,(H,14,15). The summed E-state index contributed by atoms with van der Waals surface area (Å²) in [6, 6.07) is 7.70. The van der Waals surface area contributed by atoms with Crippen LogP contribution in [-0.4, -0.2) is 17.7 Å². The minimum atomic E-state index is 0.0318. The highest BCUT2D eigenvalue weighted by atomic mass is 32.2. The lowest BCUT2D eigenvalue weighted by molar-refractivity contribution is -0.120. The number of carbonyl (C=O) groups is 1. The van der Waals surface area contributed by atoms with Gasteiger partial charge in [-0.2, -0.15) is 0 Å². The number of amides is 1. The normalized spacial score (nSPS) is 21.2. The van der Waals surface area contributed by atoms with Crippen LogP contribution in [0.1, 0.15) is 19.3 Å². The molecule has 1 aliphatic rings. The minimum absolute atomic E-state index is 0.0318. The predicted octanol–water partition coefficient (Wildman–Crippen LogP) is 2.03. The lowest BCUT2D eigenvalue weighted by atomic mass is 10.2. The molecule has 1 saturated heterocycles. The second-order valence-electron chi connectivity index (χ2n) is 3.97. The van der Waals surface area contributed by atoms with Crippen LogP contribution in [0.2, 0.25) is 0 Å². The van der Waals surface area contributed by atoms with Gasteiger partial charge in [0.15, 0.2) is 0 Å². The third-order valence-electron chi connectivity index (χ3n) is 2.62. The fourth-order valence-electron chi connectivity index (χ4n) is 1.78. The summed E-state index contributed by atoms with van der Waals surface area (Å²) in [4.78, 5) is 12.8. The van der Waals surface area contributed by atoms with Gasteiger partial charge in [0.05, 0.1) is 5.25 Å². The predicted molar refractivity (Wildman–Crippen MR) is 67.4 cm³/mol. The first-order valence-electron chi connectivity index (χ1n) is 5.55. The molecule has 1 aromatic carbocycles. The van der Waals surface area contributed by atoms with Crippen molar-refractivity contribution in [2.75, 3.05) is 12.3 Å². The van der Waals surface area contributed by atoms with Gasteiger partial charge in [0.25, 0.3) is 0 Å². The first-order chi connectivity index (χ1) is 7.75. The van der Waals surface area contributed by atoms with E-state index in [0.717, 1.165) is 36.4 Å². The molecule has 0 aliphatic carbocycles. The van der Waals surface area contributed by atoms with Crippen molar-refractivity contribution in [3.8, 4) is 0 Å². The van der Waals surface area contributed by atoms with Crippen LogP contribution in [0.15, 0.2) is 29.2 Å². The van der Waals surface area contributed by atoms with Gasteiger partial charge < -0.3 is 11.1 Å². The average Bonchev–Trinajstić information content (AvgIpc) is 2.45. The van der Waals surface area contributed by atoms with Gasteiger partial charge in [0.1, 0.15) is 0 Å². The third kappa shape index (κ3) is 2.92. The van der Waals surface area contributed by atoms with Gasteiger partial charge in [-0.25, -0.2) is 0 Å². The van der Waals surface area contributed by atoms with E-state index in [1.54, 1.807) is 11.8 Å². The molecule has 0 radical (unpaired) electrons. The summed E-state index contributed by atoms with van der Waals surface area (Å²) in [6.45, 7) is 0.812. The molecule has 1 fully saturated rings. The van der Waals surface area contributed by atoms with E-state index in [-0.39, 0.29) is 11.2 Å². The number of hydrogen-bond donors (Lipinski definition) is 2. The summed E-state index contributed by atoms with van der Waals surface area (Å²) in [5, 5.41) is 2.97.